The molecule has 0 radical (unpaired) electrons. The molecule has 0 bridgehead atoms. The normalized spacial score (nSPS) is 33.5. The van der Waals surface area contributed by atoms with Crippen LogP contribution in [0, 0.1) is 11.8 Å². The maximum atomic E-state index is 11.2. The van der Waals surface area contributed by atoms with Crippen molar-refractivity contribution in [2.75, 3.05) is 11.5 Å². The summed E-state index contributed by atoms with van der Waals surface area (Å²) < 4.78 is 22.4. The molecule has 1 saturated heterocycles. The van der Waals surface area contributed by atoms with Crippen LogP contribution in [-0.2, 0) is 9.84 Å². The lowest BCUT2D eigenvalue weighted by molar-refractivity contribution is 0.340. The van der Waals surface area contributed by atoms with E-state index in [-0.39, 0.29) is 11.8 Å². The molecule has 0 saturated carbocycles. The second kappa shape index (κ2) is 3.96. The summed E-state index contributed by atoms with van der Waals surface area (Å²) in [6, 6.07) is -0.138. The standard InChI is InChI=1S/C9H19NO2S/c1-7(2)5-8-3-4-13(11,12)6-9(8)10/h7-9H,3-6,10H2,1-2H3. The monoisotopic (exact) mass is 205 g/mol. The number of sulfone groups is 1. The molecule has 2 unspecified atom stereocenters. The highest BCUT2D eigenvalue weighted by molar-refractivity contribution is 7.91. The molecule has 0 aliphatic carbocycles. The topological polar surface area (TPSA) is 60.2 Å². The molecule has 0 aromatic heterocycles. The van der Waals surface area contributed by atoms with Crippen molar-refractivity contribution in [1.29, 1.82) is 0 Å². The lowest BCUT2D eigenvalue weighted by atomic mass is 9.89. The van der Waals surface area contributed by atoms with Crippen LogP contribution in [0.5, 0.6) is 0 Å². The first kappa shape index (κ1) is 11.0. The Morgan fingerprint density at radius 1 is 1.46 bits per heavy atom. The van der Waals surface area contributed by atoms with Gasteiger partial charge in [-0.2, -0.15) is 0 Å². The van der Waals surface area contributed by atoms with Crippen molar-refractivity contribution in [2.24, 2.45) is 17.6 Å². The molecule has 2 atom stereocenters. The van der Waals surface area contributed by atoms with Gasteiger partial charge in [0.05, 0.1) is 11.5 Å². The van der Waals surface area contributed by atoms with Crippen LogP contribution in [0.25, 0.3) is 0 Å². The molecule has 13 heavy (non-hydrogen) atoms. The van der Waals surface area contributed by atoms with E-state index in [4.69, 9.17) is 5.73 Å². The summed E-state index contributed by atoms with van der Waals surface area (Å²) in [5.41, 5.74) is 5.82. The van der Waals surface area contributed by atoms with Gasteiger partial charge in [0.1, 0.15) is 0 Å². The van der Waals surface area contributed by atoms with Gasteiger partial charge in [-0.05, 0) is 24.7 Å². The van der Waals surface area contributed by atoms with Gasteiger partial charge in [-0.3, -0.25) is 0 Å². The van der Waals surface area contributed by atoms with Crippen molar-refractivity contribution in [3.63, 3.8) is 0 Å². The Kier molecular flexibility index (Phi) is 3.35. The van der Waals surface area contributed by atoms with Crippen LogP contribution in [0.3, 0.4) is 0 Å². The second-order valence-corrected chi connectivity index (χ2v) is 6.69. The molecule has 0 spiro atoms. The third-order valence-corrected chi connectivity index (χ3v) is 4.38. The molecule has 1 rings (SSSR count). The highest BCUT2D eigenvalue weighted by Crippen LogP contribution is 2.24. The zero-order chi connectivity index (χ0) is 10.1. The van der Waals surface area contributed by atoms with E-state index in [0.29, 0.717) is 17.6 Å². The minimum Gasteiger partial charge on any atom is -0.327 e. The summed E-state index contributed by atoms with van der Waals surface area (Å²) in [6.45, 7) is 4.30. The molecule has 1 heterocycles. The van der Waals surface area contributed by atoms with Crippen LogP contribution >= 0.6 is 0 Å². The van der Waals surface area contributed by atoms with Crippen LogP contribution in [0.15, 0.2) is 0 Å². The second-order valence-electron chi connectivity index (χ2n) is 4.46. The number of hydrogen-bond acceptors (Lipinski definition) is 3. The van der Waals surface area contributed by atoms with Gasteiger partial charge in [0.2, 0.25) is 0 Å². The van der Waals surface area contributed by atoms with Gasteiger partial charge in [0.15, 0.2) is 9.84 Å². The van der Waals surface area contributed by atoms with Gasteiger partial charge in [-0.15, -0.1) is 0 Å². The Hall–Kier alpha value is -0.0900. The Bertz CT molecular complexity index is 259. The van der Waals surface area contributed by atoms with Crippen molar-refractivity contribution in [3.05, 3.63) is 0 Å². The van der Waals surface area contributed by atoms with E-state index in [2.05, 4.69) is 13.8 Å². The van der Waals surface area contributed by atoms with Gasteiger partial charge >= 0.3 is 0 Å². The summed E-state index contributed by atoms with van der Waals surface area (Å²) in [6.07, 6.45) is 1.80. The van der Waals surface area contributed by atoms with E-state index in [0.717, 1.165) is 12.8 Å². The minimum absolute atomic E-state index is 0.138. The lowest BCUT2D eigenvalue weighted by Crippen LogP contribution is -2.43. The summed E-state index contributed by atoms with van der Waals surface area (Å²) in [4.78, 5) is 0. The fraction of sp³-hybridized carbons (Fsp3) is 1.00. The van der Waals surface area contributed by atoms with Crippen molar-refractivity contribution < 1.29 is 8.42 Å². The highest BCUT2D eigenvalue weighted by atomic mass is 32.2. The quantitative estimate of drug-likeness (QED) is 0.725. The van der Waals surface area contributed by atoms with E-state index in [1.807, 2.05) is 0 Å². The average Bonchev–Trinajstić information content (AvgIpc) is 1.93. The maximum absolute atomic E-state index is 11.2. The summed E-state index contributed by atoms with van der Waals surface area (Å²) in [5.74, 6) is 1.53. The molecule has 0 aromatic rings. The van der Waals surface area contributed by atoms with Crippen LogP contribution < -0.4 is 5.73 Å². The molecule has 1 aliphatic rings. The Morgan fingerprint density at radius 3 is 2.54 bits per heavy atom. The van der Waals surface area contributed by atoms with Crippen LogP contribution in [0.4, 0.5) is 0 Å². The minimum atomic E-state index is -2.83. The lowest BCUT2D eigenvalue weighted by Gasteiger charge is -2.29. The van der Waals surface area contributed by atoms with E-state index in [1.54, 1.807) is 0 Å². The number of rotatable bonds is 2. The van der Waals surface area contributed by atoms with E-state index in [1.165, 1.54) is 0 Å². The highest BCUT2D eigenvalue weighted by Gasteiger charge is 2.30. The van der Waals surface area contributed by atoms with Crippen molar-refractivity contribution in [1.82, 2.24) is 0 Å². The molecular formula is C9H19NO2S. The predicted octanol–water partition coefficient (Wildman–Crippen LogP) is 0.794. The summed E-state index contributed by atoms with van der Waals surface area (Å²) in [7, 11) is -2.83. The van der Waals surface area contributed by atoms with Gasteiger partial charge < -0.3 is 5.73 Å². The molecular weight excluding hydrogens is 186 g/mol. The fourth-order valence-corrected chi connectivity index (χ4v) is 3.64. The largest absolute Gasteiger partial charge is 0.327 e. The van der Waals surface area contributed by atoms with E-state index >= 15 is 0 Å². The zero-order valence-corrected chi connectivity index (χ0v) is 9.18. The third-order valence-electron chi connectivity index (χ3n) is 2.63. The van der Waals surface area contributed by atoms with E-state index < -0.39 is 9.84 Å². The van der Waals surface area contributed by atoms with Crippen LogP contribution in [0.2, 0.25) is 0 Å². The Labute approximate surface area is 80.6 Å². The third kappa shape index (κ3) is 3.27. The molecule has 0 aromatic carbocycles. The average molecular weight is 205 g/mol. The van der Waals surface area contributed by atoms with Crippen LogP contribution in [0.1, 0.15) is 26.7 Å². The predicted molar refractivity (Wildman–Crippen MR) is 54.2 cm³/mol. The van der Waals surface area contributed by atoms with Gasteiger partial charge in [0, 0.05) is 6.04 Å². The molecule has 78 valence electrons. The number of nitrogens with two attached hydrogens (primary N) is 1. The van der Waals surface area contributed by atoms with Gasteiger partial charge in [-0.25, -0.2) is 8.42 Å². The first-order chi connectivity index (χ1) is 5.91. The smallest absolute Gasteiger partial charge is 0.151 e. The van der Waals surface area contributed by atoms with Crippen molar-refractivity contribution in [2.45, 2.75) is 32.7 Å². The summed E-state index contributed by atoms with van der Waals surface area (Å²) >= 11 is 0. The molecule has 4 heteroatoms. The zero-order valence-electron chi connectivity index (χ0n) is 8.36. The number of hydrogen-bond donors (Lipinski definition) is 1. The SMILES string of the molecule is CC(C)CC1CCS(=O)(=O)CC1N. The Balaban J connectivity index is 2.54. The van der Waals surface area contributed by atoms with Gasteiger partial charge in [0.25, 0.3) is 0 Å². The Morgan fingerprint density at radius 2 is 2.08 bits per heavy atom. The maximum Gasteiger partial charge on any atom is 0.151 e. The van der Waals surface area contributed by atoms with Gasteiger partial charge in [-0.1, -0.05) is 13.8 Å². The molecule has 0 amide bonds. The first-order valence-electron chi connectivity index (χ1n) is 4.87. The molecule has 1 fully saturated rings. The summed E-state index contributed by atoms with van der Waals surface area (Å²) in [5, 5.41) is 0. The van der Waals surface area contributed by atoms with Crippen LogP contribution in [-0.4, -0.2) is 26.0 Å². The fourth-order valence-electron chi connectivity index (χ4n) is 1.96. The molecule has 2 N–H and O–H groups in total. The molecule has 1 aliphatic heterocycles. The molecule has 3 nitrogen and oxygen atoms in total. The first-order valence-corrected chi connectivity index (χ1v) is 6.69. The van der Waals surface area contributed by atoms with Crippen molar-refractivity contribution >= 4 is 9.84 Å². The van der Waals surface area contributed by atoms with Crippen molar-refractivity contribution in [3.8, 4) is 0 Å². The van der Waals surface area contributed by atoms with E-state index in [9.17, 15) is 8.42 Å².